The molecule has 3 rings (SSSR count). The number of nitrogens with zero attached hydrogens (tertiary/aromatic N) is 3. The average Bonchev–Trinajstić information content (AvgIpc) is 2.66. The second-order valence-electron chi connectivity index (χ2n) is 5.61. The number of hydrogen-bond donors (Lipinski definition) is 1. The van der Waals surface area contributed by atoms with E-state index in [-0.39, 0.29) is 11.6 Å². The maximum absolute atomic E-state index is 12.4. The van der Waals surface area contributed by atoms with Gasteiger partial charge in [-0.2, -0.15) is 0 Å². The van der Waals surface area contributed by atoms with E-state index >= 15 is 0 Å². The van der Waals surface area contributed by atoms with Gasteiger partial charge in [-0.1, -0.05) is 36.4 Å². The van der Waals surface area contributed by atoms with Crippen molar-refractivity contribution in [2.45, 2.75) is 13.8 Å². The number of carbonyl (C=O) groups excluding carboxylic acids is 1. The zero-order chi connectivity index (χ0) is 17.6. The molecular weight excluding hydrogens is 312 g/mol. The first-order chi connectivity index (χ1) is 12.2. The van der Waals surface area contributed by atoms with Crippen LogP contribution in [0.25, 0.3) is 0 Å². The Morgan fingerprint density at radius 1 is 1.00 bits per heavy atom. The second kappa shape index (κ2) is 7.57. The van der Waals surface area contributed by atoms with Gasteiger partial charge in [0.05, 0.1) is 12.4 Å². The number of aromatic nitrogens is 2. The van der Waals surface area contributed by atoms with Crippen LogP contribution in [-0.4, -0.2) is 22.4 Å². The van der Waals surface area contributed by atoms with Crippen LogP contribution in [-0.2, 0) is 0 Å². The molecule has 3 aromatic rings. The molecule has 0 atom stereocenters. The Kier molecular flexibility index (Phi) is 5.04. The highest BCUT2D eigenvalue weighted by molar-refractivity contribution is 6.03. The number of amides is 1. The second-order valence-corrected chi connectivity index (χ2v) is 5.61. The van der Waals surface area contributed by atoms with Gasteiger partial charge in [0.25, 0.3) is 5.91 Å². The zero-order valence-electron chi connectivity index (χ0n) is 14.3. The van der Waals surface area contributed by atoms with Crippen molar-refractivity contribution in [2.24, 2.45) is 0 Å². The summed E-state index contributed by atoms with van der Waals surface area (Å²) in [7, 11) is 0. The molecule has 0 aliphatic heterocycles. The summed E-state index contributed by atoms with van der Waals surface area (Å²) in [6, 6.07) is 17.6. The summed E-state index contributed by atoms with van der Waals surface area (Å²) in [5, 5.41) is 2.87. The summed E-state index contributed by atoms with van der Waals surface area (Å²) in [4.78, 5) is 23.1. The zero-order valence-corrected chi connectivity index (χ0v) is 14.3. The standard InChI is InChI=1S/C20H20N4O/c1-3-24(16-10-5-4-6-11-16)19-14-21-18(13-22-19)20(25)23-17-12-8-7-9-15(17)2/h4-14H,3H2,1-2H3,(H,23,25). The first kappa shape index (κ1) is 16.6. The quantitative estimate of drug-likeness (QED) is 0.761. The minimum absolute atomic E-state index is 0.267. The molecule has 0 fully saturated rings. The van der Waals surface area contributed by atoms with Crippen molar-refractivity contribution in [3.63, 3.8) is 0 Å². The van der Waals surface area contributed by atoms with Crippen molar-refractivity contribution in [3.05, 3.63) is 78.2 Å². The molecule has 0 aliphatic rings. The van der Waals surface area contributed by atoms with Gasteiger partial charge in [0.1, 0.15) is 5.69 Å². The summed E-state index contributed by atoms with van der Waals surface area (Å²) in [5.74, 6) is 0.442. The van der Waals surface area contributed by atoms with Crippen LogP contribution >= 0.6 is 0 Å². The van der Waals surface area contributed by atoms with Gasteiger partial charge in [-0.05, 0) is 37.6 Å². The van der Waals surface area contributed by atoms with Gasteiger partial charge in [-0.3, -0.25) is 4.79 Å². The van der Waals surface area contributed by atoms with Crippen LogP contribution in [0.15, 0.2) is 67.0 Å². The maximum Gasteiger partial charge on any atom is 0.275 e. The molecule has 2 aromatic carbocycles. The van der Waals surface area contributed by atoms with Crippen LogP contribution in [0.4, 0.5) is 17.2 Å². The Morgan fingerprint density at radius 2 is 1.72 bits per heavy atom. The Balaban J connectivity index is 1.77. The Bertz CT molecular complexity index is 847. The van der Waals surface area contributed by atoms with E-state index in [1.54, 1.807) is 6.20 Å². The third kappa shape index (κ3) is 3.83. The third-order valence-corrected chi connectivity index (χ3v) is 3.92. The number of benzene rings is 2. The van der Waals surface area contributed by atoms with Gasteiger partial charge in [0, 0.05) is 17.9 Å². The van der Waals surface area contributed by atoms with Crippen LogP contribution in [0.3, 0.4) is 0 Å². The fourth-order valence-corrected chi connectivity index (χ4v) is 2.56. The molecule has 25 heavy (non-hydrogen) atoms. The molecule has 0 aliphatic carbocycles. The van der Waals surface area contributed by atoms with Crippen molar-refractivity contribution in [1.29, 1.82) is 0 Å². The predicted molar refractivity (Wildman–Crippen MR) is 100 cm³/mol. The fraction of sp³-hybridized carbons (Fsp3) is 0.150. The largest absolute Gasteiger partial charge is 0.325 e. The van der Waals surface area contributed by atoms with Crippen LogP contribution in [0.5, 0.6) is 0 Å². The van der Waals surface area contributed by atoms with Crippen molar-refractivity contribution in [3.8, 4) is 0 Å². The Hall–Kier alpha value is -3.21. The van der Waals surface area contributed by atoms with E-state index in [9.17, 15) is 4.79 Å². The molecule has 1 aromatic heterocycles. The first-order valence-corrected chi connectivity index (χ1v) is 8.20. The smallest absolute Gasteiger partial charge is 0.275 e. The SMILES string of the molecule is CCN(c1ccccc1)c1cnc(C(=O)Nc2ccccc2C)cn1. The van der Waals surface area contributed by atoms with Gasteiger partial charge in [-0.15, -0.1) is 0 Å². The number of nitrogens with one attached hydrogen (secondary N) is 1. The van der Waals surface area contributed by atoms with Crippen molar-refractivity contribution < 1.29 is 4.79 Å². The van der Waals surface area contributed by atoms with E-state index < -0.39 is 0 Å². The third-order valence-electron chi connectivity index (χ3n) is 3.92. The minimum Gasteiger partial charge on any atom is -0.325 e. The number of aryl methyl sites for hydroxylation is 1. The molecule has 5 nitrogen and oxygen atoms in total. The molecule has 0 spiro atoms. The summed E-state index contributed by atoms with van der Waals surface area (Å²) in [6.07, 6.45) is 3.14. The van der Waals surface area contributed by atoms with Crippen molar-refractivity contribution >= 4 is 23.1 Å². The number of anilines is 3. The van der Waals surface area contributed by atoms with E-state index in [0.29, 0.717) is 5.82 Å². The maximum atomic E-state index is 12.4. The highest BCUT2D eigenvalue weighted by Gasteiger charge is 2.12. The lowest BCUT2D eigenvalue weighted by Crippen LogP contribution is -2.19. The minimum atomic E-state index is -0.267. The Morgan fingerprint density at radius 3 is 2.36 bits per heavy atom. The molecule has 0 bridgehead atoms. The number of carbonyl (C=O) groups is 1. The van der Waals surface area contributed by atoms with E-state index in [0.717, 1.165) is 23.5 Å². The van der Waals surface area contributed by atoms with Crippen LogP contribution in [0, 0.1) is 6.92 Å². The first-order valence-electron chi connectivity index (χ1n) is 8.20. The van der Waals surface area contributed by atoms with Crippen molar-refractivity contribution in [2.75, 3.05) is 16.8 Å². The van der Waals surface area contributed by atoms with Crippen LogP contribution < -0.4 is 10.2 Å². The lowest BCUT2D eigenvalue weighted by Gasteiger charge is -2.21. The van der Waals surface area contributed by atoms with Crippen LogP contribution in [0.1, 0.15) is 23.0 Å². The summed E-state index contributed by atoms with van der Waals surface area (Å²) in [5.41, 5.74) is 3.10. The van der Waals surface area contributed by atoms with Gasteiger partial charge in [0.15, 0.2) is 5.82 Å². The fourth-order valence-electron chi connectivity index (χ4n) is 2.56. The molecular formula is C20H20N4O. The number of hydrogen-bond acceptors (Lipinski definition) is 4. The molecule has 0 radical (unpaired) electrons. The average molecular weight is 332 g/mol. The molecule has 0 unspecified atom stereocenters. The molecule has 1 amide bonds. The number of para-hydroxylation sites is 2. The van der Waals surface area contributed by atoms with E-state index in [2.05, 4.69) is 15.3 Å². The molecule has 1 heterocycles. The molecule has 5 heteroatoms. The monoisotopic (exact) mass is 332 g/mol. The number of rotatable bonds is 5. The van der Waals surface area contributed by atoms with Gasteiger partial charge in [0.2, 0.25) is 0 Å². The van der Waals surface area contributed by atoms with Gasteiger partial charge in [-0.25, -0.2) is 9.97 Å². The Labute approximate surface area is 147 Å². The van der Waals surface area contributed by atoms with E-state index in [1.807, 2.05) is 73.3 Å². The van der Waals surface area contributed by atoms with Crippen LogP contribution in [0.2, 0.25) is 0 Å². The molecule has 0 saturated carbocycles. The predicted octanol–water partition coefficient (Wildman–Crippen LogP) is 4.20. The summed E-state index contributed by atoms with van der Waals surface area (Å²) < 4.78 is 0. The van der Waals surface area contributed by atoms with Gasteiger partial charge < -0.3 is 10.2 Å². The van der Waals surface area contributed by atoms with E-state index in [1.165, 1.54) is 6.20 Å². The van der Waals surface area contributed by atoms with Gasteiger partial charge >= 0.3 is 0 Å². The lowest BCUT2D eigenvalue weighted by atomic mass is 10.2. The molecule has 1 N–H and O–H groups in total. The van der Waals surface area contributed by atoms with E-state index in [4.69, 9.17) is 0 Å². The highest BCUT2D eigenvalue weighted by atomic mass is 16.1. The topological polar surface area (TPSA) is 58.1 Å². The molecule has 0 saturated heterocycles. The summed E-state index contributed by atoms with van der Waals surface area (Å²) in [6.45, 7) is 4.75. The molecule has 126 valence electrons. The summed E-state index contributed by atoms with van der Waals surface area (Å²) >= 11 is 0. The van der Waals surface area contributed by atoms with Crippen molar-refractivity contribution in [1.82, 2.24) is 9.97 Å². The highest BCUT2D eigenvalue weighted by Crippen LogP contribution is 2.22. The normalized spacial score (nSPS) is 10.3. The lowest BCUT2D eigenvalue weighted by molar-refractivity contribution is 0.102.